The van der Waals surface area contributed by atoms with Gasteiger partial charge in [0.2, 0.25) is 0 Å². The summed E-state index contributed by atoms with van der Waals surface area (Å²) in [4.78, 5) is 12.0. The van der Waals surface area contributed by atoms with Gasteiger partial charge in [-0.1, -0.05) is 30.3 Å². The maximum atomic E-state index is 12.0. The van der Waals surface area contributed by atoms with Crippen molar-refractivity contribution in [3.8, 4) is 0 Å². The van der Waals surface area contributed by atoms with Crippen LogP contribution in [-0.4, -0.2) is 24.3 Å². The lowest BCUT2D eigenvalue weighted by atomic mass is 10.0. The summed E-state index contributed by atoms with van der Waals surface area (Å²) in [6.45, 7) is 0.682. The number of hydrogen-bond acceptors (Lipinski definition) is 2. The number of aliphatic hydroxyl groups is 1. The Hall–Kier alpha value is -1.55. The van der Waals surface area contributed by atoms with E-state index in [2.05, 4.69) is 10.6 Å². The molecule has 0 spiro atoms. The molecule has 20 heavy (non-hydrogen) atoms. The predicted molar refractivity (Wildman–Crippen MR) is 77.2 cm³/mol. The van der Waals surface area contributed by atoms with Gasteiger partial charge in [-0.05, 0) is 42.6 Å². The van der Waals surface area contributed by atoms with Gasteiger partial charge in [0, 0.05) is 6.54 Å². The molecule has 1 aromatic carbocycles. The van der Waals surface area contributed by atoms with E-state index in [0.29, 0.717) is 5.41 Å². The summed E-state index contributed by atoms with van der Waals surface area (Å²) in [6, 6.07) is 9.03. The second-order valence-corrected chi connectivity index (χ2v) is 6.11. The van der Waals surface area contributed by atoms with Crippen LogP contribution in [0.3, 0.4) is 0 Å². The second kappa shape index (κ2) is 5.44. The Morgan fingerprint density at radius 1 is 1.30 bits per heavy atom. The molecule has 0 aromatic heterocycles. The molecule has 0 saturated heterocycles. The van der Waals surface area contributed by atoms with Crippen molar-refractivity contribution in [1.82, 2.24) is 10.6 Å². The van der Waals surface area contributed by atoms with Gasteiger partial charge in [-0.25, -0.2) is 4.79 Å². The highest BCUT2D eigenvalue weighted by molar-refractivity contribution is 5.74. The van der Waals surface area contributed by atoms with Crippen molar-refractivity contribution in [2.24, 2.45) is 11.3 Å². The molecular weight excluding hydrogens is 252 g/mol. The zero-order valence-electron chi connectivity index (χ0n) is 11.6. The Labute approximate surface area is 119 Å². The first-order valence-electron chi connectivity index (χ1n) is 7.44. The predicted octanol–water partition coefficient (Wildman–Crippen LogP) is 2.21. The number of carbonyl (C=O) groups is 1. The Morgan fingerprint density at radius 2 is 2.00 bits per heavy atom. The van der Waals surface area contributed by atoms with Gasteiger partial charge in [-0.15, -0.1) is 0 Å². The number of urea groups is 1. The van der Waals surface area contributed by atoms with Crippen LogP contribution in [0.25, 0.3) is 0 Å². The molecule has 1 atom stereocenters. The Bertz CT molecular complexity index is 467. The Balaban J connectivity index is 1.50. The minimum absolute atomic E-state index is 0.0921. The molecule has 4 heteroatoms. The Kier molecular flexibility index (Phi) is 3.66. The third kappa shape index (κ3) is 2.96. The van der Waals surface area contributed by atoms with Crippen molar-refractivity contribution in [2.45, 2.75) is 31.7 Å². The van der Waals surface area contributed by atoms with E-state index in [4.69, 9.17) is 0 Å². The number of carbonyl (C=O) groups excluding carboxylic acids is 1. The summed E-state index contributed by atoms with van der Waals surface area (Å²) in [5, 5.41) is 15.2. The van der Waals surface area contributed by atoms with Crippen molar-refractivity contribution in [2.75, 3.05) is 13.2 Å². The molecule has 0 aliphatic heterocycles. The molecule has 2 aliphatic carbocycles. The smallest absolute Gasteiger partial charge is 0.315 e. The molecule has 0 bridgehead atoms. The third-order valence-electron chi connectivity index (χ3n) is 4.63. The van der Waals surface area contributed by atoms with Crippen LogP contribution >= 0.6 is 0 Å². The van der Waals surface area contributed by atoms with Crippen molar-refractivity contribution >= 4 is 6.03 Å². The topological polar surface area (TPSA) is 61.4 Å². The first-order valence-corrected chi connectivity index (χ1v) is 7.44. The molecule has 2 aliphatic rings. The van der Waals surface area contributed by atoms with Crippen LogP contribution in [0.5, 0.6) is 0 Å². The average Bonchev–Trinajstić information content (AvgIpc) is 3.36. The van der Waals surface area contributed by atoms with Crippen molar-refractivity contribution in [3.05, 3.63) is 35.9 Å². The highest BCUT2D eigenvalue weighted by Gasteiger charge is 2.53. The molecule has 2 amide bonds. The van der Waals surface area contributed by atoms with E-state index in [0.717, 1.165) is 18.0 Å². The molecule has 2 saturated carbocycles. The molecule has 4 nitrogen and oxygen atoms in total. The monoisotopic (exact) mass is 274 g/mol. The molecule has 0 heterocycles. The SMILES string of the molecule is O=C(NCC1(C2CC2)CC1)NC(CO)c1ccccc1. The number of rotatable bonds is 6. The number of amides is 2. The van der Waals surface area contributed by atoms with Gasteiger partial charge in [-0.2, -0.15) is 0 Å². The van der Waals surface area contributed by atoms with Crippen LogP contribution in [-0.2, 0) is 0 Å². The van der Waals surface area contributed by atoms with Gasteiger partial charge in [0.15, 0.2) is 0 Å². The fraction of sp³-hybridized carbons (Fsp3) is 0.562. The molecule has 1 unspecified atom stereocenters. The summed E-state index contributed by atoms with van der Waals surface area (Å²) < 4.78 is 0. The standard InChI is InChI=1S/C16H22N2O2/c19-10-14(12-4-2-1-3-5-12)18-15(20)17-11-16(8-9-16)13-6-7-13/h1-5,13-14,19H,6-11H2,(H2,17,18,20). The maximum absolute atomic E-state index is 12.0. The number of aliphatic hydroxyl groups excluding tert-OH is 1. The van der Waals surface area contributed by atoms with Crippen LogP contribution in [0.15, 0.2) is 30.3 Å². The van der Waals surface area contributed by atoms with Crippen LogP contribution in [0.2, 0.25) is 0 Å². The highest BCUT2D eigenvalue weighted by Crippen LogP contribution is 2.60. The molecule has 3 rings (SSSR count). The van der Waals surface area contributed by atoms with Gasteiger partial charge in [0.1, 0.15) is 0 Å². The lowest BCUT2D eigenvalue weighted by Gasteiger charge is -2.19. The summed E-state index contributed by atoms with van der Waals surface area (Å²) in [5.41, 5.74) is 1.33. The lowest BCUT2D eigenvalue weighted by Crippen LogP contribution is -2.41. The first-order chi connectivity index (χ1) is 9.73. The van der Waals surface area contributed by atoms with Crippen molar-refractivity contribution in [3.63, 3.8) is 0 Å². The lowest BCUT2D eigenvalue weighted by molar-refractivity contribution is 0.214. The van der Waals surface area contributed by atoms with Gasteiger partial charge in [0.25, 0.3) is 0 Å². The highest BCUT2D eigenvalue weighted by atomic mass is 16.3. The summed E-state index contributed by atoms with van der Waals surface area (Å²) in [6.07, 6.45) is 5.15. The van der Waals surface area contributed by atoms with Gasteiger partial charge in [0.05, 0.1) is 12.6 Å². The largest absolute Gasteiger partial charge is 0.394 e. The van der Waals surface area contributed by atoms with Crippen LogP contribution in [0.4, 0.5) is 4.79 Å². The minimum atomic E-state index is -0.340. The molecule has 2 fully saturated rings. The molecule has 0 radical (unpaired) electrons. The molecule has 3 N–H and O–H groups in total. The minimum Gasteiger partial charge on any atom is -0.394 e. The number of benzene rings is 1. The number of hydrogen-bond donors (Lipinski definition) is 3. The first kappa shape index (κ1) is 13.4. The van der Waals surface area contributed by atoms with E-state index in [9.17, 15) is 9.90 Å². The van der Waals surface area contributed by atoms with Gasteiger partial charge < -0.3 is 15.7 Å². The normalized spacial score (nSPS) is 21.1. The summed E-state index contributed by atoms with van der Waals surface area (Å²) >= 11 is 0. The van der Waals surface area contributed by atoms with Crippen molar-refractivity contribution in [1.29, 1.82) is 0 Å². The van der Waals surface area contributed by atoms with Crippen LogP contribution in [0, 0.1) is 11.3 Å². The second-order valence-electron chi connectivity index (χ2n) is 6.11. The van der Waals surface area contributed by atoms with E-state index in [-0.39, 0.29) is 18.7 Å². The Morgan fingerprint density at radius 3 is 2.55 bits per heavy atom. The van der Waals surface area contributed by atoms with E-state index < -0.39 is 0 Å². The molecule has 108 valence electrons. The summed E-state index contributed by atoms with van der Waals surface area (Å²) in [5.74, 6) is 0.838. The van der Waals surface area contributed by atoms with Gasteiger partial charge in [-0.3, -0.25) is 0 Å². The molecule has 1 aromatic rings. The fourth-order valence-corrected chi connectivity index (χ4v) is 2.97. The fourth-order valence-electron chi connectivity index (χ4n) is 2.97. The van der Waals surface area contributed by atoms with Gasteiger partial charge >= 0.3 is 6.03 Å². The summed E-state index contributed by atoms with van der Waals surface area (Å²) in [7, 11) is 0. The van der Waals surface area contributed by atoms with Crippen LogP contribution < -0.4 is 10.6 Å². The zero-order chi connectivity index (χ0) is 14.0. The number of nitrogens with one attached hydrogen (secondary N) is 2. The van der Waals surface area contributed by atoms with E-state index >= 15 is 0 Å². The maximum Gasteiger partial charge on any atom is 0.315 e. The van der Waals surface area contributed by atoms with E-state index in [1.54, 1.807) is 0 Å². The quantitative estimate of drug-likeness (QED) is 0.745. The van der Waals surface area contributed by atoms with E-state index in [1.807, 2.05) is 30.3 Å². The molecular formula is C16H22N2O2. The average molecular weight is 274 g/mol. The van der Waals surface area contributed by atoms with E-state index in [1.165, 1.54) is 25.7 Å². The van der Waals surface area contributed by atoms with Crippen molar-refractivity contribution < 1.29 is 9.90 Å². The zero-order valence-corrected chi connectivity index (χ0v) is 11.6. The third-order valence-corrected chi connectivity index (χ3v) is 4.63. The van der Waals surface area contributed by atoms with Crippen LogP contribution in [0.1, 0.15) is 37.3 Å².